The van der Waals surface area contributed by atoms with Crippen molar-refractivity contribution >= 4 is 28.2 Å². The second-order valence-corrected chi connectivity index (χ2v) is 5.54. The maximum atomic E-state index is 11.9. The number of aromatic nitrogens is 3. The van der Waals surface area contributed by atoms with Crippen molar-refractivity contribution in [2.45, 2.75) is 26.8 Å². The number of hydrogen-bond donors (Lipinski definition) is 1. The number of anilines is 1. The summed E-state index contributed by atoms with van der Waals surface area (Å²) in [6.45, 7) is 4.35. The molecular formula is C13H16N4O3S. The number of carbonyl (C=O) groups is 2. The highest BCUT2D eigenvalue weighted by Crippen LogP contribution is 2.28. The van der Waals surface area contributed by atoms with Crippen LogP contribution in [0, 0.1) is 6.92 Å². The number of hydrogen-bond acceptors (Lipinski definition) is 6. The van der Waals surface area contributed by atoms with Crippen molar-refractivity contribution in [2.24, 2.45) is 0 Å². The molecule has 2 heterocycles. The van der Waals surface area contributed by atoms with Crippen molar-refractivity contribution in [3.63, 3.8) is 0 Å². The van der Waals surface area contributed by atoms with Gasteiger partial charge in [0, 0.05) is 17.5 Å². The van der Waals surface area contributed by atoms with Crippen LogP contribution in [0.3, 0.4) is 0 Å². The minimum absolute atomic E-state index is 0.183. The van der Waals surface area contributed by atoms with Gasteiger partial charge >= 0.3 is 5.97 Å². The lowest BCUT2D eigenvalue weighted by atomic mass is 10.3. The van der Waals surface area contributed by atoms with Crippen molar-refractivity contribution in [1.29, 1.82) is 0 Å². The van der Waals surface area contributed by atoms with E-state index >= 15 is 0 Å². The molecule has 0 saturated heterocycles. The highest BCUT2D eigenvalue weighted by atomic mass is 32.1. The van der Waals surface area contributed by atoms with Gasteiger partial charge in [-0.15, -0.1) is 16.4 Å². The lowest BCUT2D eigenvalue weighted by molar-refractivity contribution is -0.116. The summed E-state index contributed by atoms with van der Waals surface area (Å²) >= 11 is 1.35. The summed E-state index contributed by atoms with van der Waals surface area (Å²) < 4.78 is 6.55. The Morgan fingerprint density at radius 3 is 2.95 bits per heavy atom. The average molecular weight is 308 g/mol. The van der Waals surface area contributed by atoms with Gasteiger partial charge in [-0.1, -0.05) is 5.21 Å². The van der Waals surface area contributed by atoms with E-state index in [4.69, 9.17) is 4.74 Å². The molecule has 2 rings (SSSR count). The summed E-state index contributed by atoms with van der Waals surface area (Å²) in [6, 6.07) is 1.72. The molecule has 2 aromatic heterocycles. The van der Waals surface area contributed by atoms with Crippen LogP contribution >= 0.6 is 11.3 Å². The fourth-order valence-corrected chi connectivity index (χ4v) is 2.64. The smallest absolute Gasteiger partial charge is 0.341 e. The quantitative estimate of drug-likeness (QED) is 0.823. The van der Waals surface area contributed by atoms with E-state index in [0.29, 0.717) is 23.7 Å². The molecule has 0 unspecified atom stereocenters. The van der Waals surface area contributed by atoms with Gasteiger partial charge < -0.3 is 10.1 Å². The first-order valence-corrected chi connectivity index (χ1v) is 7.33. The topological polar surface area (TPSA) is 86.1 Å². The Hall–Kier alpha value is -2.22. The minimum atomic E-state index is -0.423. The Morgan fingerprint density at radius 2 is 2.29 bits per heavy atom. The van der Waals surface area contributed by atoms with Crippen LogP contribution < -0.4 is 5.32 Å². The maximum absolute atomic E-state index is 11.9. The van der Waals surface area contributed by atoms with Gasteiger partial charge in [0.1, 0.15) is 5.00 Å². The summed E-state index contributed by atoms with van der Waals surface area (Å²) in [5.41, 5.74) is 0.397. The van der Waals surface area contributed by atoms with Crippen LogP contribution in [-0.4, -0.2) is 33.5 Å². The van der Waals surface area contributed by atoms with E-state index in [1.165, 1.54) is 11.3 Å². The largest absolute Gasteiger partial charge is 0.462 e. The molecular weight excluding hydrogens is 292 g/mol. The molecule has 0 saturated carbocycles. The first kappa shape index (κ1) is 15.2. The normalized spacial score (nSPS) is 10.4. The van der Waals surface area contributed by atoms with Crippen molar-refractivity contribution in [3.8, 4) is 0 Å². The summed E-state index contributed by atoms with van der Waals surface area (Å²) in [5, 5.41) is 10.7. The summed E-state index contributed by atoms with van der Waals surface area (Å²) in [4.78, 5) is 24.7. The lowest BCUT2D eigenvalue weighted by Crippen LogP contribution is -2.16. The molecule has 1 N–H and O–H groups in total. The second kappa shape index (κ2) is 6.98. The predicted octanol–water partition coefficient (Wildman–Crippen LogP) is 1.85. The number of ether oxygens (including phenoxy) is 1. The van der Waals surface area contributed by atoms with Gasteiger partial charge in [-0.25, -0.2) is 4.79 Å². The molecule has 1 amide bonds. The molecule has 8 heteroatoms. The van der Waals surface area contributed by atoms with Gasteiger partial charge in [0.05, 0.1) is 24.9 Å². The van der Waals surface area contributed by atoms with Crippen molar-refractivity contribution in [2.75, 3.05) is 11.9 Å². The molecule has 112 valence electrons. The molecule has 21 heavy (non-hydrogen) atoms. The Kier molecular flexibility index (Phi) is 5.04. The van der Waals surface area contributed by atoms with Crippen LogP contribution in [0.15, 0.2) is 18.5 Å². The van der Waals surface area contributed by atoms with Gasteiger partial charge in [-0.05, 0) is 19.9 Å². The number of rotatable bonds is 6. The van der Waals surface area contributed by atoms with E-state index in [1.807, 2.05) is 6.92 Å². The molecule has 0 bridgehead atoms. The standard InChI is InChI=1S/C13H16N4O3S/c1-3-20-13(19)10-8-9(2)21-12(10)15-11(18)4-6-17-7-5-14-16-17/h5,7-8H,3-4,6H2,1-2H3,(H,15,18). The van der Waals surface area contributed by atoms with Crippen LogP contribution in [0.4, 0.5) is 5.00 Å². The number of aryl methyl sites for hydroxylation is 2. The van der Waals surface area contributed by atoms with Crippen LogP contribution in [0.5, 0.6) is 0 Å². The van der Waals surface area contributed by atoms with Gasteiger partial charge in [-0.2, -0.15) is 0 Å². The van der Waals surface area contributed by atoms with Crippen LogP contribution in [-0.2, 0) is 16.1 Å². The molecule has 0 fully saturated rings. The molecule has 2 aromatic rings. The highest BCUT2D eigenvalue weighted by Gasteiger charge is 2.17. The Morgan fingerprint density at radius 1 is 1.48 bits per heavy atom. The van der Waals surface area contributed by atoms with E-state index in [9.17, 15) is 9.59 Å². The van der Waals surface area contributed by atoms with Gasteiger partial charge in [0.25, 0.3) is 0 Å². The van der Waals surface area contributed by atoms with Crippen LogP contribution in [0.1, 0.15) is 28.6 Å². The molecule has 7 nitrogen and oxygen atoms in total. The number of amides is 1. The van der Waals surface area contributed by atoms with Crippen LogP contribution in [0.25, 0.3) is 0 Å². The number of thiophene rings is 1. The fourth-order valence-electron chi connectivity index (χ4n) is 1.72. The van der Waals surface area contributed by atoms with Crippen molar-refractivity contribution < 1.29 is 14.3 Å². The molecule has 0 radical (unpaired) electrons. The highest BCUT2D eigenvalue weighted by molar-refractivity contribution is 7.16. The third kappa shape index (κ3) is 4.12. The van der Waals surface area contributed by atoms with E-state index in [0.717, 1.165) is 4.88 Å². The average Bonchev–Trinajstić information content (AvgIpc) is 3.06. The summed E-state index contributed by atoms with van der Waals surface area (Å²) in [7, 11) is 0. The molecule has 0 atom stereocenters. The van der Waals surface area contributed by atoms with Gasteiger partial charge in [-0.3, -0.25) is 9.48 Å². The zero-order chi connectivity index (χ0) is 15.2. The number of nitrogens with one attached hydrogen (secondary N) is 1. The van der Waals surface area contributed by atoms with Crippen molar-refractivity contribution in [1.82, 2.24) is 15.0 Å². The van der Waals surface area contributed by atoms with Gasteiger partial charge in [0.15, 0.2) is 0 Å². The molecule has 0 aliphatic rings. The maximum Gasteiger partial charge on any atom is 0.341 e. The van der Waals surface area contributed by atoms with Crippen LogP contribution in [0.2, 0.25) is 0 Å². The lowest BCUT2D eigenvalue weighted by Gasteiger charge is -2.06. The second-order valence-electron chi connectivity index (χ2n) is 4.28. The van der Waals surface area contributed by atoms with E-state index in [2.05, 4.69) is 15.6 Å². The van der Waals surface area contributed by atoms with E-state index < -0.39 is 5.97 Å². The summed E-state index contributed by atoms with van der Waals surface area (Å²) in [5.74, 6) is -0.605. The number of nitrogens with zero attached hydrogens (tertiary/aromatic N) is 3. The van der Waals surface area contributed by atoms with Gasteiger partial charge in [0.2, 0.25) is 5.91 Å². The molecule has 0 aromatic carbocycles. The fraction of sp³-hybridized carbons (Fsp3) is 0.385. The monoisotopic (exact) mass is 308 g/mol. The number of esters is 1. The Labute approximate surface area is 125 Å². The molecule has 0 aliphatic heterocycles. The minimum Gasteiger partial charge on any atom is -0.462 e. The molecule has 0 aliphatic carbocycles. The third-order valence-corrected chi connectivity index (χ3v) is 3.61. The Bertz CT molecular complexity index is 621. The SMILES string of the molecule is CCOC(=O)c1cc(C)sc1NC(=O)CCn1ccnn1. The van der Waals surface area contributed by atoms with E-state index in [-0.39, 0.29) is 12.3 Å². The number of carbonyl (C=O) groups excluding carboxylic acids is 2. The van der Waals surface area contributed by atoms with E-state index in [1.54, 1.807) is 30.1 Å². The third-order valence-electron chi connectivity index (χ3n) is 2.64. The first-order chi connectivity index (χ1) is 10.1. The summed E-state index contributed by atoms with van der Waals surface area (Å²) in [6.07, 6.45) is 3.49. The zero-order valence-electron chi connectivity index (χ0n) is 11.8. The van der Waals surface area contributed by atoms with Crippen molar-refractivity contribution in [3.05, 3.63) is 28.9 Å². The zero-order valence-corrected chi connectivity index (χ0v) is 12.6. The first-order valence-electron chi connectivity index (χ1n) is 6.51. The Balaban J connectivity index is 1.98. The molecule has 0 spiro atoms. The predicted molar refractivity (Wildman–Crippen MR) is 78.3 cm³/mol.